The van der Waals surface area contributed by atoms with Crippen molar-refractivity contribution in [3.63, 3.8) is 0 Å². The monoisotopic (exact) mass is 301 g/mol. The molecule has 1 heterocycles. The molecule has 0 bridgehead atoms. The van der Waals surface area contributed by atoms with E-state index in [2.05, 4.69) is 0 Å². The molecule has 0 radical (unpaired) electrons. The fraction of sp³-hybridized carbons (Fsp3) is 0.333. The highest BCUT2D eigenvalue weighted by Crippen LogP contribution is 2.36. The van der Waals surface area contributed by atoms with Crippen molar-refractivity contribution in [3.8, 4) is 0 Å². The second kappa shape index (κ2) is 4.73. The van der Waals surface area contributed by atoms with Gasteiger partial charge in [0.15, 0.2) is 9.84 Å². The van der Waals surface area contributed by atoms with Gasteiger partial charge < -0.3 is 5.73 Å². The minimum atomic E-state index is -3.55. The van der Waals surface area contributed by atoms with Gasteiger partial charge in [-0.2, -0.15) is 0 Å². The average Bonchev–Trinajstić information content (AvgIpc) is 2.60. The lowest BCUT2D eigenvalue weighted by molar-refractivity contribution is 0.600. The molecule has 0 amide bonds. The SMILES string of the molecule is CCS(=O)(=O)CC1=CS(=O)(=O)c2cccc(CN)c21. The lowest BCUT2D eigenvalue weighted by Crippen LogP contribution is -2.11. The van der Waals surface area contributed by atoms with E-state index in [9.17, 15) is 16.8 Å². The van der Waals surface area contributed by atoms with Gasteiger partial charge in [0.2, 0.25) is 9.84 Å². The van der Waals surface area contributed by atoms with Gasteiger partial charge >= 0.3 is 0 Å². The maximum Gasteiger partial charge on any atom is 0.200 e. The second-order valence-corrected chi connectivity index (χ2v) is 8.48. The van der Waals surface area contributed by atoms with Gasteiger partial charge in [0, 0.05) is 23.3 Å². The molecule has 0 atom stereocenters. The molecule has 0 spiro atoms. The number of rotatable bonds is 4. The summed E-state index contributed by atoms with van der Waals surface area (Å²) >= 11 is 0. The van der Waals surface area contributed by atoms with E-state index in [4.69, 9.17) is 5.73 Å². The zero-order chi connectivity index (χ0) is 14.3. The summed E-state index contributed by atoms with van der Waals surface area (Å²) in [5, 5.41) is 1.05. The molecule has 0 aliphatic carbocycles. The van der Waals surface area contributed by atoms with Crippen molar-refractivity contribution < 1.29 is 16.8 Å². The van der Waals surface area contributed by atoms with Crippen LogP contribution < -0.4 is 5.73 Å². The molecule has 1 aromatic rings. The first-order chi connectivity index (χ1) is 8.80. The first-order valence-electron chi connectivity index (χ1n) is 5.79. The summed E-state index contributed by atoms with van der Waals surface area (Å²) in [6, 6.07) is 4.81. The average molecular weight is 301 g/mol. The zero-order valence-corrected chi connectivity index (χ0v) is 12.1. The Hall–Kier alpha value is -1.18. The second-order valence-electron chi connectivity index (χ2n) is 4.36. The van der Waals surface area contributed by atoms with Gasteiger partial charge in [-0.05, 0) is 17.2 Å². The van der Waals surface area contributed by atoms with E-state index in [0.717, 1.165) is 5.41 Å². The van der Waals surface area contributed by atoms with Crippen LogP contribution in [0.25, 0.3) is 5.57 Å². The molecule has 2 rings (SSSR count). The summed E-state index contributed by atoms with van der Waals surface area (Å²) in [7, 11) is -6.84. The van der Waals surface area contributed by atoms with Gasteiger partial charge in [-0.15, -0.1) is 0 Å². The maximum absolute atomic E-state index is 12.0. The van der Waals surface area contributed by atoms with Crippen LogP contribution in [0.2, 0.25) is 0 Å². The molecule has 0 saturated carbocycles. The molecule has 1 aliphatic heterocycles. The van der Waals surface area contributed by atoms with Crippen LogP contribution >= 0.6 is 0 Å². The molecular formula is C12H15NO4S2. The molecule has 0 fully saturated rings. The molecule has 19 heavy (non-hydrogen) atoms. The third-order valence-electron chi connectivity index (χ3n) is 3.07. The third kappa shape index (κ3) is 2.58. The van der Waals surface area contributed by atoms with E-state index in [1.807, 2.05) is 0 Å². The quantitative estimate of drug-likeness (QED) is 0.883. The highest BCUT2D eigenvalue weighted by Gasteiger charge is 2.30. The number of fused-ring (bicyclic) bond motifs is 1. The topological polar surface area (TPSA) is 94.3 Å². The largest absolute Gasteiger partial charge is 0.326 e. The van der Waals surface area contributed by atoms with Crippen LogP contribution in [0.4, 0.5) is 0 Å². The first-order valence-corrected chi connectivity index (χ1v) is 9.16. The first kappa shape index (κ1) is 14.2. The predicted molar refractivity (Wildman–Crippen MR) is 73.8 cm³/mol. The van der Waals surface area contributed by atoms with Crippen LogP contribution in [0.1, 0.15) is 18.1 Å². The Balaban J connectivity index is 2.63. The molecular weight excluding hydrogens is 286 g/mol. The molecule has 7 heteroatoms. The van der Waals surface area contributed by atoms with E-state index in [1.54, 1.807) is 12.1 Å². The summed E-state index contributed by atoms with van der Waals surface area (Å²) in [6.07, 6.45) is 0. The van der Waals surface area contributed by atoms with Crippen molar-refractivity contribution >= 4 is 25.2 Å². The summed E-state index contributed by atoms with van der Waals surface area (Å²) in [5.41, 5.74) is 7.03. The highest BCUT2D eigenvalue weighted by atomic mass is 32.2. The summed E-state index contributed by atoms with van der Waals surface area (Å²) in [5.74, 6) is -0.294. The normalized spacial score (nSPS) is 17.1. The molecule has 1 aliphatic rings. The minimum Gasteiger partial charge on any atom is -0.326 e. The summed E-state index contributed by atoms with van der Waals surface area (Å²) in [4.78, 5) is 0.150. The van der Waals surface area contributed by atoms with Crippen LogP contribution in [0, 0.1) is 0 Å². The molecule has 0 saturated heterocycles. The smallest absolute Gasteiger partial charge is 0.200 e. The molecule has 5 nitrogen and oxygen atoms in total. The lowest BCUT2D eigenvalue weighted by Gasteiger charge is -2.09. The zero-order valence-electron chi connectivity index (χ0n) is 10.5. The Bertz CT molecular complexity index is 746. The Kier molecular flexibility index (Phi) is 3.55. The highest BCUT2D eigenvalue weighted by molar-refractivity contribution is 7.95. The van der Waals surface area contributed by atoms with E-state index in [1.165, 1.54) is 13.0 Å². The lowest BCUT2D eigenvalue weighted by atomic mass is 10.0. The van der Waals surface area contributed by atoms with E-state index in [0.29, 0.717) is 16.7 Å². The van der Waals surface area contributed by atoms with Crippen LogP contribution in [0.5, 0.6) is 0 Å². The van der Waals surface area contributed by atoms with Gasteiger partial charge in [0.25, 0.3) is 0 Å². The number of sulfone groups is 2. The Morgan fingerprint density at radius 2 is 1.95 bits per heavy atom. The molecule has 104 valence electrons. The Labute approximate surface area is 113 Å². The fourth-order valence-electron chi connectivity index (χ4n) is 2.10. The van der Waals surface area contributed by atoms with E-state index < -0.39 is 19.7 Å². The fourth-order valence-corrected chi connectivity index (χ4v) is 4.63. The number of nitrogens with two attached hydrogens (primary N) is 1. The van der Waals surface area contributed by atoms with Gasteiger partial charge in [-0.25, -0.2) is 16.8 Å². The number of hydrogen-bond donors (Lipinski definition) is 1. The van der Waals surface area contributed by atoms with Crippen molar-refractivity contribution in [3.05, 3.63) is 34.7 Å². The van der Waals surface area contributed by atoms with E-state index >= 15 is 0 Å². The minimum absolute atomic E-state index is 0.0233. The van der Waals surface area contributed by atoms with Crippen molar-refractivity contribution in [1.29, 1.82) is 0 Å². The van der Waals surface area contributed by atoms with Crippen molar-refractivity contribution in [1.82, 2.24) is 0 Å². The number of benzene rings is 1. The standard InChI is InChI=1S/C12H15NO4S2/c1-2-18(14,15)7-10-8-19(16,17)11-5-3-4-9(6-13)12(10)11/h3-5,8H,2,6-7,13H2,1H3. The predicted octanol–water partition coefficient (Wildman–Crippen LogP) is 0.708. The van der Waals surface area contributed by atoms with E-state index in [-0.39, 0.29) is 22.9 Å². The van der Waals surface area contributed by atoms with Gasteiger partial charge in [0.1, 0.15) is 0 Å². The maximum atomic E-state index is 12.0. The van der Waals surface area contributed by atoms with Crippen LogP contribution in [0.15, 0.2) is 28.5 Å². The van der Waals surface area contributed by atoms with Gasteiger partial charge in [-0.1, -0.05) is 19.1 Å². The van der Waals surface area contributed by atoms with Crippen LogP contribution in [-0.4, -0.2) is 28.3 Å². The van der Waals surface area contributed by atoms with Gasteiger partial charge in [-0.3, -0.25) is 0 Å². The molecule has 0 unspecified atom stereocenters. The third-order valence-corrected chi connectivity index (χ3v) is 6.25. The van der Waals surface area contributed by atoms with Crippen molar-refractivity contribution in [2.75, 3.05) is 11.5 Å². The van der Waals surface area contributed by atoms with Gasteiger partial charge in [0.05, 0.1) is 10.6 Å². The molecule has 2 N–H and O–H groups in total. The summed E-state index contributed by atoms with van der Waals surface area (Å²) in [6.45, 7) is 1.71. The van der Waals surface area contributed by atoms with Crippen molar-refractivity contribution in [2.45, 2.75) is 18.4 Å². The van der Waals surface area contributed by atoms with Crippen LogP contribution in [-0.2, 0) is 26.2 Å². The number of hydrogen-bond acceptors (Lipinski definition) is 5. The Morgan fingerprint density at radius 1 is 1.26 bits per heavy atom. The molecule has 0 aromatic heterocycles. The molecule has 1 aromatic carbocycles. The Morgan fingerprint density at radius 3 is 2.53 bits per heavy atom. The van der Waals surface area contributed by atoms with Crippen molar-refractivity contribution in [2.24, 2.45) is 5.73 Å². The summed E-state index contributed by atoms with van der Waals surface area (Å²) < 4.78 is 47.4. The van der Waals surface area contributed by atoms with Crippen LogP contribution in [0.3, 0.4) is 0 Å².